The Bertz CT molecular complexity index is 685. The van der Waals surface area contributed by atoms with Crippen LogP contribution in [0.5, 0.6) is 0 Å². The number of aromatic nitrogens is 2. The molecule has 1 saturated carbocycles. The lowest BCUT2D eigenvalue weighted by Crippen LogP contribution is -2.38. The van der Waals surface area contributed by atoms with Crippen molar-refractivity contribution >= 4 is 21.8 Å². The van der Waals surface area contributed by atoms with Crippen LogP contribution in [0.25, 0.3) is 0 Å². The average Bonchev–Trinajstić information content (AvgIpc) is 3.30. The lowest BCUT2D eigenvalue weighted by atomic mass is 10.1. The van der Waals surface area contributed by atoms with Gasteiger partial charge in [-0.25, -0.2) is 13.4 Å². The van der Waals surface area contributed by atoms with Crippen LogP contribution in [-0.2, 0) is 23.0 Å². The number of nitrogens with zero attached hydrogens (tertiary/aromatic N) is 3. The molecule has 1 aromatic heterocycles. The smallest absolute Gasteiger partial charge is 0.225 e. The fourth-order valence-electron chi connectivity index (χ4n) is 2.67. The van der Waals surface area contributed by atoms with Crippen molar-refractivity contribution in [2.24, 2.45) is 0 Å². The summed E-state index contributed by atoms with van der Waals surface area (Å²) in [7, 11) is -3.19. The maximum absolute atomic E-state index is 12.2. The molecule has 0 amide bonds. The summed E-state index contributed by atoms with van der Waals surface area (Å²) in [6.45, 7) is 6.63. The normalized spacial score (nSPS) is 18.8. The molecule has 1 aliphatic heterocycles. The number of fused-ring (bicyclic) bond motifs is 1. The molecular weight excluding hydrogens is 314 g/mol. The Morgan fingerprint density at radius 1 is 1.30 bits per heavy atom. The van der Waals surface area contributed by atoms with Crippen molar-refractivity contribution in [1.82, 2.24) is 14.3 Å². The van der Waals surface area contributed by atoms with E-state index in [1.807, 2.05) is 13.8 Å². The third-order valence-corrected chi connectivity index (χ3v) is 5.95. The van der Waals surface area contributed by atoms with Gasteiger partial charge in [0, 0.05) is 37.2 Å². The highest BCUT2D eigenvalue weighted by molar-refractivity contribution is 7.89. The standard InChI is InChI=1S/C15H25N5O2S/c1-4-23(21,22)20-8-7-13-12(9-20)14(17-11-5-6-11)19-15(18-13)16-10(2)3/h10-11H,4-9H2,1-3H3,(H2,16,17,18,19). The van der Waals surface area contributed by atoms with Crippen LogP contribution in [0.15, 0.2) is 0 Å². The molecule has 0 bridgehead atoms. The molecule has 1 aliphatic carbocycles. The summed E-state index contributed by atoms with van der Waals surface area (Å²) in [6.07, 6.45) is 2.91. The molecule has 0 unspecified atom stereocenters. The Hall–Kier alpha value is -1.41. The maximum Gasteiger partial charge on any atom is 0.225 e. The van der Waals surface area contributed by atoms with Crippen molar-refractivity contribution < 1.29 is 8.42 Å². The van der Waals surface area contributed by atoms with Crippen molar-refractivity contribution in [3.05, 3.63) is 11.3 Å². The number of sulfonamides is 1. The first-order valence-electron chi connectivity index (χ1n) is 8.29. The van der Waals surface area contributed by atoms with Crippen LogP contribution in [0.2, 0.25) is 0 Å². The van der Waals surface area contributed by atoms with E-state index in [0.29, 0.717) is 31.5 Å². The van der Waals surface area contributed by atoms with E-state index in [2.05, 4.69) is 20.6 Å². The molecule has 7 nitrogen and oxygen atoms in total. The van der Waals surface area contributed by atoms with E-state index in [0.717, 1.165) is 29.9 Å². The summed E-state index contributed by atoms with van der Waals surface area (Å²) >= 11 is 0. The molecule has 0 aromatic carbocycles. The Balaban J connectivity index is 1.93. The Morgan fingerprint density at radius 3 is 2.65 bits per heavy atom. The van der Waals surface area contributed by atoms with E-state index in [1.54, 1.807) is 11.2 Å². The van der Waals surface area contributed by atoms with Crippen molar-refractivity contribution in [1.29, 1.82) is 0 Å². The third-order valence-electron chi connectivity index (χ3n) is 4.12. The molecule has 2 heterocycles. The first kappa shape index (κ1) is 16.4. The summed E-state index contributed by atoms with van der Waals surface area (Å²) in [4.78, 5) is 9.19. The van der Waals surface area contributed by atoms with Gasteiger partial charge in [-0.1, -0.05) is 0 Å². The Kier molecular flexibility index (Phi) is 4.46. The van der Waals surface area contributed by atoms with Crippen LogP contribution in [0.3, 0.4) is 0 Å². The van der Waals surface area contributed by atoms with E-state index < -0.39 is 10.0 Å². The molecule has 8 heteroatoms. The molecule has 0 spiro atoms. The molecule has 128 valence electrons. The minimum absolute atomic E-state index is 0.127. The van der Waals surface area contributed by atoms with Gasteiger partial charge in [-0.3, -0.25) is 0 Å². The summed E-state index contributed by atoms with van der Waals surface area (Å²) in [5, 5.41) is 6.68. The van der Waals surface area contributed by atoms with Gasteiger partial charge in [0.2, 0.25) is 16.0 Å². The maximum atomic E-state index is 12.2. The van der Waals surface area contributed by atoms with Gasteiger partial charge in [-0.15, -0.1) is 0 Å². The highest BCUT2D eigenvalue weighted by Crippen LogP contribution is 2.31. The van der Waals surface area contributed by atoms with Gasteiger partial charge in [0.1, 0.15) is 5.82 Å². The van der Waals surface area contributed by atoms with Crippen molar-refractivity contribution in [2.75, 3.05) is 22.9 Å². The second-order valence-electron chi connectivity index (χ2n) is 6.52. The fraction of sp³-hybridized carbons (Fsp3) is 0.733. The average molecular weight is 339 g/mol. The second kappa shape index (κ2) is 6.24. The van der Waals surface area contributed by atoms with Crippen molar-refractivity contribution in [3.63, 3.8) is 0 Å². The zero-order valence-electron chi connectivity index (χ0n) is 14.0. The van der Waals surface area contributed by atoms with Gasteiger partial charge in [-0.2, -0.15) is 9.29 Å². The molecule has 0 atom stereocenters. The summed E-state index contributed by atoms with van der Waals surface area (Å²) in [6, 6.07) is 0.710. The largest absolute Gasteiger partial charge is 0.367 e. The summed E-state index contributed by atoms with van der Waals surface area (Å²) in [5.41, 5.74) is 1.88. The molecule has 3 rings (SSSR count). The molecule has 1 fully saturated rings. The highest BCUT2D eigenvalue weighted by Gasteiger charge is 2.31. The van der Waals surface area contributed by atoms with Gasteiger partial charge >= 0.3 is 0 Å². The first-order valence-corrected chi connectivity index (χ1v) is 9.90. The number of hydrogen-bond donors (Lipinski definition) is 2. The van der Waals surface area contributed by atoms with Gasteiger partial charge in [0.15, 0.2) is 0 Å². The van der Waals surface area contributed by atoms with E-state index in [1.165, 1.54) is 0 Å². The number of rotatable bonds is 6. The van der Waals surface area contributed by atoms with Crippen LogP contribution >= 0.6 is 0 Å². The zero-order chi connectivity index (χ0) is 16.6. The lowest BCUT2D eigenvalue weighted by Gasteiger charge is -2.29. The summed E-state index contributed by atoms with van der Waals surface area (Å²) in [5.74, 6) is 1.53. The lowest BCUT2D eigenvalue weighted by molar-refractivity contribution is 0.388. The highest BCUT2D eigenvalue weighted by atomic mass is 32.2. The topological polar surface area (TPSA) is 87.2 Å². The monoisotopic (exact) mass is 339 g/mol. The molecule has 23 heavy (non-hydrogen) atoms. The first-order chi connectivity index (χ1) is 10.9. The predicted molar refractivity (Wildman–Crippen MR) is 91.0 cm³/mol. The SMILES string of the molecule is CCS(=O)(=O)N1CCc2nc(NC(C)C)nc(NC3CC3)c2C1. The third kappa shape index (κ3) is 3.74. The van der Waals surface area contributed by atoms with E-state index >= 15 is 0 Å². The molecule has 0 radical (unpaired) electrons. The number of anilines is 2. The molecular formula is C15H25N5O2S. The van der Waals surface area contributed by atoms with Gasteiger partial charge in [-0.05, 0) is 33.6 Å². The van der Waals surface area contributed by atoms with E-state index in [4.69, 9.17) is 0 Å². The molecule has 1 aromatic rings. The zero-order valence-corrected chi connectivity index (χ0v) is 14.8. The van der Waals surface area contributed by atoms with Gasteiger partial charge in [0.05, 0.1) is 11.4 Å². The molecule has 2 N–H and O–H groups in total. The van der Waals surface area contributed by atoms with Crippen LogP contribution < -0.4 is 10.6 Å². The van der Waals surface area contributed by atoms with Crippen LogP contribution in [0, 0.1) is 0 Å². The van der Waals surface area contributed by atoms with Crippen molar-refractivity contribution in [3.8, 4) is 0 Å². The second-order valence-corrected chi connectivity index (χ2v) is 8.78. The molecule has 2 aliphatic rings. The van der Waals surface area contributed by atoms with Crippen LogP contribution in [0.1, 0.15) is 44.9 Å². The van der Waals surface area contributed by atoms with Crippen LogP contribution in [0.4, 0.5) is 11.8 Å². The van der Waals surface area contributed by atoms with E-state index in [9.17, 15) is 8.42 Å². The Morgan fingerprint density at radius 2 is 2.04 bits per heavy atom. The van der Waals surface area contributed by atoms with Crippen molar-refractivity contribution in [2.45, 2.75) is 58.7 Å². The van der Waals surface area contributed by atoms with Crippen LogP contribution in [-0.4, -0.2) is 47.1 Å². The van der Waals surface area contributed by atoms with E-state index in [-0.39, 0.29) is 11.8 Å². The quantitative estimate of drug-likeness (QED) is 0.818. The number of nitrogens with one attached hydrogen (secondary N) is 2. The Labute approximate surface area is 137 Å². The number of hydrogen-bond acceptors (Lipinski definition) is 6. The van der Waals surface area contributed by atoms with Gasteiger partial charge in [0.25, 0.3) is 0 Å². The summed E-state index contributed by atoms with van der Waals surface area (Å²) < 4.78 is 25.9. The fourth-order valence-corrected chi connectivity index (χ4v) is 3.73. The predicted octanol–water partition coefficient (Wildman–Crippen LogP) is 1.58. The molecule has 0 saturated heterocycles. The minimum atomic E-state index is -3.19. The van der Waals surface area contributed by atoms with Gasteiger partial charge < -0.3 is 10.6 Å². The minimum Gasteiger partial charge on any atom is -0.367 e.